The highest BCUT2D eigenvalue weighted by Gasteiger charge is 2.10. The summed E-state index contributed by atoms with van der Waals surface area (Å²) in [7, 11) is 0. The maximum Gasteiger partial charge on any atom is 0.0908 e. The van der Waals surface area contributed by atoms with E-state index < -0.39 is 0 Å². The number of rotatable bonds is 1. The van der Waals surface area contributed by atoms with E-state index in [0.717, 1.165) is 31.4 Å². The molecule has 0 saturated carbocycles. The molecule has 84 valence electrons. The first kappa shape index (κ1) is 10.8. The molecule has 0 radical (unpaired) electrons. The molecule has 3 aromatic rings. The number of nitrogens with zero attached hydrogens (tertiary/aromatic N) is 1. The molecular weight excluding hydrogens is 250 g/mol. The van der Waals surface area contributed by atoms with Gasteiger partial charge in [-0.1, -0.05) is 48.0 Å². The van der Waals surface area contributed by atoms with Crippen molar-refractivity contribution in [2.75, 3.05) is 0 Å². The van der Waals surface area contributed by atoms with Crippen LogP contribution in [0.25, 0.3) is 21.3 Å². The minimum absolute atomic E-state index is 0.805. The maximum absolute atomic E-state index is 6.46. The van der Waals surface area contributed by atoms with Crippen molar-refractivity contribution in [3.63, 3.8) is 0 Å². The van der Waals surface area contributed by atoms with Gasteiger partial charge in [-0.05, 0) is 18.6 Å². The molecule has 3 heteroatoms. The summed E-state index contributed by atoms with van der Waals surface area (Å²) in [6.07, 6.45) is 0. The summed E-state index contributed by atoms with van der Waals surface area (Å²) in [5, 5.41) is 1.85. The molecule has 1 nitrogen and oxygen atoms in total. The fourth-order valence-corrected chi connectivity index (χ4v) is 3.15. The van der Waals surface area contributed by atoms with Crippen molar-refractivity contribution in [1.29, 1.82) is 0 Å². The topological polar surface area (TPSA) is 12.9 Å². The molecule has 0 aliphatic rings. The van der Waals surface area contributed by atoms with Gasteiger partial charge in [-0.2, -0.15) is 0 Å². The Hall–Kier alpha value is -1.38. The lowest BCUT2D eigenvalue weighted by Gasteiger charge is -2.04. The minimum Gasteiger partial charge on any atom is -0.241 e. The average Bonchev–Trinajstić information content (AvgIpc) is 2.72. The highest BCUT2D eigenvalue weighted by atomic mass is 35.5. The Labute approximate surface area is 109 Å². The van der Waals surface area contributed by atoms with E-state index in [1.165, 1.54) is 0 Å². The molecule has 0 spiro atoms. The average molecular weight is 260 g/mol. The zero-order chi connectivity index (χ0) is 11.8. The first-order valence-corrected chi connectivity index (χ1v) is 6.56. The Morgan fingerprint density at radius 1 is 1.06 bits per heavy atom. The summed E-state index contributed by atoms with van der Waals surface area (Å²) in [4.78, 5) is 4.44. The van der Waals surface area contributed by atoms with Crippen LogP contribution in [0.4, 0.5) is 0 Å². The second-order valence-corrected chi connectivity index (χ2v) is 5.46. The second-order valence-electron chi connectivity index (χ2n) is 3.87. The molecule has 1 heterocycles. The van der Waals surface area contributed by atoms with Gasteiger partial charge >= 0.3 is 0 Å². The SMILES string of the molecule is Cc1nc2ccc(-c3ccccc3)c(Cl)c2s1. The van der Waals surface area contributed by atoms with Gasteiger partial charge in [0.1, 0.15) is 0 Å². The van der Waals surface area contributed by atoms with E-state index in [1.807, 2.05) is 37.3 Å². The Kier molecular flexibility index (Phi) is 2.61. The summed E-state index contributed by atoms with van der Waals surface area (Å²) < 4.78 is 1.07. The molecule has 3 rings (SSSR count). The van der Waals surface area contributed by atoms with Crippen LogP contribution in [0.5, 0.6) is 0 Å². The van der Waals surface area contributed by atoms with E-state index in [9.17, 15) is 0 Å². The van der Waals surface area contributed by atoms with Crippen LogP contribution >= 0.6 is 22.9 Å². The van der Waals surface area contributed by atoms with Crippen molar-refractivity contribution in [3.05, 3.63) is 52.5 Å². The number of fused-ring (bicyclic) bond motifs is 1. The Morgan fingerprint density at radius 2 is 1.82 bits per heavy atom. The molecule has 17 heavy (non-hydrogen) atoms. The van der Waals surface area contributed by atoms with E-state index in [1.54, 1.807) is 11.3 Å². The first-order valence-electron chi connectivity index (χ1n) is 5.37. The quantitative estimate of drug-likeness (QED) is 0.604. The van der Waals surface area contributed by atoms with E-state index in [2.05, 4.69) is 17.1 Å². The second kappa shape index (κ2) is 4.13. The summed E-state index contributed by atoms with van der Waals surface area (Å²) in [5.74, 6) is 0. The third kappa shape index (κ3) is 1.84. The molecule has 0 amide bonds. The fraction of sp³-hybridized carbons (Fsp3) is 0.0714. The fourth-order valence-electron chi connectivity index (χ4n) is 1.91. The molecular formula is C14H10ClNS. The highest BCUT2D eigenvalue weighted by Crippen LogP contribution is 2.36. The zero-order valence-corrected chi connectivity index (χ0v) is 10.8. The molecule has 0 aliphatic heterocycles. The van der Waals surface area contributed by atoms with Gasteiger partial charge in [0, 0.05) is 5.56 Å². The van der Waals surface area contributed by atoms with Crippen molar-refractivity contribution < 1.29 is 0 Å². The van der Waals surface area contributed by atoms with Crippen LogP contribution < -0.4 is 0 Å². The highest BCUT2D eigenvalue weighted by molar-refractivity contribution is 7.19. The number of aromatic nitrogens is 1. The van der Waals surface area contributed by atoms with Crippen LogP contribution in [0.2, 0.25) is 5.02 Å². The lowest BCUT2D eigenvalue weighted by atomic mass is 10.1. The van der Waals surface area contributed by atoms with Crippen molar-refractivity contribution in [3.8, 4) is 11.1 Å². The van der Waals surface area contributed by atoms with E-state index in [4.69, 9.17) is 11.6 Å². The van der Waals surface area contributed by atoms with Gasteiger partial charge < -0.3 is 0 Å². The molecule has 1 aromatic heterocycles. The van der Waals surface area contributed by atoms with Gasteiger partial charge in [-0.15, -0.1) is 11.3 Å². The van der Waals surface area contributed by atoms with Gasteiger partial charge in [0.05, 0.1) is 20.2 Å². The van der Waals surface area contributed by atoms with Gasteiger partial charge in [0.2, 0.25) is 0 Å². The third-order valence-corrected chi connectivity index (χ3v) is 4.20. The molecule has 0 unspecified atom stereocenters. The lowest BCUT2D eigenvalue weighted by Crippen LogP contribution is -1.79. The first-order chi connectivity index (χ1) is 8.25. The third-order valence-electron chi connectivity index (χ3n) is 2.69. The molecule has 0 atom stereocenters. The van der Waals surface area contributed by atoms with Crippen molar-refractivity contribution in [2.24, 2.45) is 0 Å². The van der Waals surface area contributed by atoms with Crippen LogP contribution in [0.3, 0.4) is 0 Å². The maximum atomic E-state index is 6.46. The zero-order valence-electron chi connectivity index (χ0n) is 9.27. The van der Waals surface area contributed by atoms with Gasteiger partial charge in [-0.3, -0.25) is 0 Å². The predicted octanol–water partition coefficient (Wildman–Crippen LogP) is 4.93. The monoisotopic (exact) mass is 259 g/mol. The summed E-state index contributed by atoms with van der Waals surface area (Å²) in [6.45, 7) is 2.00. The smallest absolute Gasteiger partial charge is 0.0908 e. The van der Waals surface area contributed by atoms with Crippen LogP contribution in [0.15, 0.2) is 42.5 Å². The Morgan fingerprint density at radius 3 is 2.59 bits per heavy atom. The number of hydrogen-bond acceptors (Lipinski definition) is 2. The summed E-state index contributed by atoms with van der Waals surface area (Å²) in [5.41, 5.74) is 3.20. The number of benzene rings is 2. The summed E-state index contributed by atoms with van der Waals surface area (Å²) in [6, 6.07) is 14.3. The molecule has 0 fully saturated rings. The van der Waals surface area contributed by atoms with Gasteiger partial charge in [0.25, 0.3) is 0 Å². The lowest BCUT2D eigenvalue weighted by molar-refractivity contribution is 1.35. The van der Waals surface area contributed by atoms with Crippen molar-refractivity contribution in [1.82, 2.24) is 4.98 Å². The number of halogens is 1. The van der Waals surface area contributed by atoms with E-state index >= 15 is 0 Å². The van der Waals surface area contributed by atoms with Crippen LogP contribution in [-0.2, 0) is 0 Å². The Balaban J connectivity index is 2.28. The normalized spacial score (nSPS) is 10.9. The van der Waals surface area contributed by atoms with Crippen LogP contribution in [0.1, 0.15) is 5.01 Å². The van der Waals surface area contributed by atoms with Crippen LogP contribution in [-0.4, -0.2) is 4.98 Å². The Bertz CT molecular complexity index is 673. The predicted molar refractivity (Wildman–Crippen MR) is 74.8 cm³/mol. The number of aryl methyl sites for hydroxylation is 1. The van der Waals surface area contributed by atoms with Gasteiger partial charge in [-0.25, -0.2) is 4.98 Å². The minimum atomic E-state index is 0.805. The van der Waals surface area contributed by atoms with Gasteiger partial charge in [0.15, 0.2) is 0 Å². The van der Waals surface area contributed by atoms with Crippen LogP contribution in [0, 0.1) is 6.92 Å². The molecule has 0 bridgehead atoms. The molecule has 0 N–H and O–H groups in total. The molecule has 2 aromatic carbocycles. The number of hydrogen-bond donors (Lipinski definition) is 0. The standard InChI is InChI=1S/C14H10ClNS/c1-9-16-12-8-7-11(13(15)14(12)17-9)10-5-3-2-4-6-10/h2-8H,1H3. The summed E-state index contributed by atoms with van der Waals surface area (Å²) >= 11 is 8.10. The number of thiazole rings is 1. The van der Waals surface area contributed by atoms with Crippen molar-refractivity contribution in [2.45, 2.75) is 6.92 Å². The van der Waals surface area contributed by atoms with E-state index in [-0.39, 0.29) is 0 Å². The molecule has 0 saturated heterocycles. The van der Waals surface area contributed by atoms with E-state index in [0.29, 0.717) is 0 Å². The largest absolute Gasteiger partial charge is 0.241 e. The van der Waals surface area contributed by atoms with Crippen molar-refractivity contribution >= 4 is 33.2 Å². The molecule has 0 aliphatic carbocycles.